The second-order valence-electron chi connectivity index (χ2n) is 4.94. The van der Waals surface area contributed by atoms with Crippen molar-refractivity contribution in [3.05, 3.63) is 29.6 Å². The molecule has 0 bridgehead atoms. The van der Waals surface area contributed by atoms with Crippen LogP contribution in [0.25, 0.3) is 0 Å². The Morgan fingerprint density at radius 3 is 2.62 bits per heavy atom. The lowest BCUT2D eigenvalue weighted by atomic mass is 10.2. The summed E-state index contributed by atoms with van der Waals surface area (Å²) in [4.78, 5) is 23.3. The van der Waals surface area contributed by atoms with Gasteiger partial charge in [0, 0.05) is 18.8 Å². The number of aryl methyl sites for hydroxylation is 1. The molecular weight excluding hydrogens is 275 g/mol. The van der Waals surface area contributed by atoms with Crippen LogP contribution in [0.15, 0.2) is 18.2 Å². The Morgan fingerprint density at radius 2 is 2.00 bits per heavy atom. The third-order valence-corrected chi connectivity index (χ3v) is 2.70. The zero-order chi connectivity index (χ0) is 15.8. The van der Waals surface area contributed by atoms with E-state index in [-0.39, 0.29) is 11.9 Å². The number of rotatable bonds is 6. The van der Waals surface area contributed by atoms with Crippen LogP contribution in [-0.4, -0.2) is 31.1 Å². The van der Waals surface area contributed by atoms with Crippen molar-refractivity contribution in [3.63, 3.8) is 0 Å². The fourth-order valence-corrected chi connectivity index (χ4v) is 1.62. The minimum absolute atomic E-state index is 0.144. The van der Waals surface area contributed by atoms with Gasteiger partial charge in [0.05, 0.1) is 6.10 Å². The van der Waals surface area contributed by atoms with Crippen LogP contribution in [0.1, 0.15) is 25.8 Å². The van der Waals surface area contributed by atoms with Gasteiger partial charge in [0.15, 0.2) is 0 Å². The Balaban J connectivity index is 2.36. The highest BCUT2D eigenvalue weighted by atomic mass is 19.1. The SMILES string of the molecule is Cc1cc(F)ccc1NC(=O)C(=O)NCCCOC(C)C. The van der Waals surface area contributed by atoms with Crippen LogP contribution in [0, 0.1) is 12.7 Å². The number of halogens is 1. The average Bonchev–Trinajstić information content (AvgIpc) is 2.40. The number of nitrogens with one attached hydrogen (secondary N) is 2. The Hall–Kier alpha value is -1.95. The monoisotopic (exact) mass is 296 g/mol. The molecule has 0 saturated carbocycles. The van der Waals surface area contributed by atoms with Crippen molar-refractivity contribution in [2.75, 3.05) is 18.5 Å². The number of benzene rings is 1. The van der Waals surface area contributed by atoms with Gasteiger partial charge in [-0.2, -0.15) is 0 Å². The average molecular weight is 296 g/mol. The van der Waals surface area contributed by atoms with Gasteiger partial charge in [-0.15, -0.1) is 0 Å². The van der Waals surface area contributed by atoms with E-state index in [4.69, 9.17) is 4.74 Å². The fraction of sp³-hybridized carbons (Fsp3) is 0.467. The largest absolute Gasteiger partial charge is 0.379 e. The third kappa shape index (κ3) is 6.35. The normalized spacial score (nSPS) is 10.5. The van der Waals surface area contributed by atoms with Gasteiger partial charge in [-0.25, -0.2) is 4.39 Å². The summed E-state index contributed by atoms with van der Waals surface area (Å²) < 4.78 is 18.3. The molecule has 0 aliphatic heterocycles. The van der Waals surface area contributed by atoms with E-state index in [1.165, 1.54) is 18.2 Å². The number of anilines is 1. The minimum atomic E-state index is -0.769. The predicted molar refractivity (Wildman–Crippen MR) is 78.5 cm³/mol. The highest BCUT2D eigenvalue weighted by Crippen LogP contribution is 2.15. The van der Waals surface area contributed by atoms with Crippen molar-refractivity contribution in [2.45, 2.75) is 33.3 Å². The summed E-state index contributed by atoms with van der Waals surface area (Å²) in [5.41, 5.74) is 0.973. The summed E-state index contributed by atoms with van der Waals surface area (Å²) in [7, 11) is 0. The first-order chi connectivity index (χ1) is 9.90. The zero-order valence-electron chi connectivity index (χ0n) is 12.5. The molecule has 1 rings (SSSR count). The molecule has 0 atom stereocenters. The van der Waals surface area contributed by atoms with Crippen LogP contribution in [0.2, 0.25) is 0 Å². The van der Waals surface area contributed by atoms with Gasteiger partial charge < -0.3 is 15.4 Å². The van der Waals surface area contributed by atoms with Crippen LogP contribution >= 0.6 is 0 Å². The van der Waals surface area contributed by atoms with E-state index >= 15 is 0 Å². The second-order valence-corrected chi connectivity index (χ2v) is 4.94. The topological polar surface area (TPSA) is 67.4 Å². The van der Waals surface area contributed by atoms with Crippen molar-refractivity contribution >= 4 is 17.5 Å². The molecule has 1 aromatic carbocycles. The quantitative estimate of drug-likeness (QED) is 0.623. The smallest absolute Gasteiger partial charge is 0.313 e. The first-order valence-electron chi connectivity index (χ1n) is 6.87. The summed E-state index contributed by atoms with van der Waals surface area (Å²) in [5.74, 6) is -1.88. The molecule has 2 amide bonds. The molecule has 5 nitrogen and oxygen atoms in total. The molecule has 116 valence electrons. The van der Waals surface area contributed by atoms with Crippen LogP contribution in [-0.2, 0) is 14.3 Å². The standard InChI is InChI=1S/C15H21FN2O3/c1-10(2)21-8-4-7-17-14(19)15(20)18-13-6-5-12(16)9-11(13)3/h5-6,9-10H,4,7-8H2,1-3H3,(H,17,19)(H,18,20). The van der Waals surface area contributed by atoms with Crippen molar-refractivity contribution in [1.82, 2.24) is 5.32 Å². The van der Waals surface area contributed by atoms with E-state index in [1.807, 2.05) is 13.8 Å². The van der Waals surface area contributed by atoms with Gasteiger partial charge in [0.1, 0.15) is 5.82 Å². The van der Waals surface area contributed by atoms with Crippen molar-refractivity contribution in [3.8, 4) is 0 Å². The molecule has 0 spiro atoms. The highest BCUT2D eigenvalue weighted by molar-refractivity contribution is 6.39. The van der Waals surface area contributed by atoms with Crippen molar-refractivity contribution in [2.24, 2.45) is 0 Å². The van der Waals surface area contributed by atoms with Gasteiger partial charge in [0.2, 0.25) is 0 Å². The molecule has 0 saturated heterocycles. The highest BCUT2D eigenvalue weighted by Gasteiger charge is 2.14. The van der Waals surface area contributed by atoms with Gasteiger partial charge in [-0.05, 0) is 51.0 Å². The number of hydrogen-bond donors (Lipinski definition) is 2. The first kappa shape index (κ1) is 17.1. The maximum absolute atomic E-state index is 12.9. The summed E-state index contributed by atoms with van der Waals surface area (Å²) >= 11 is 0. The Morgan fingerprint density at radius 1 is 1.29 bits per heavy atom. The molecule has 21 heavy (non-hydrogen) atoms. The maximum atomic E-state index is 12.9. The minimum Gasteiger partial charge on any atom is -0.379 e. The van der Waals surface area contributed by atoms with Gasteiger partial charge in [-0.1, -0.05) is 0 Å². The lowest BCUT2D eigenvalue weighted by Crippen LogP contribution is -2.36. The second kappa shape index (κ2) is 8.36. The van der Waals surface area contributed by atoms with Gasteiger partial charge in [-0.3, -0.25) is 9.59 Å². The number of amides is 2. The van der Waals surface area contributed by atoms with Crippen LogP contribution in [0.5, 0.6) is 0 Å². The van der Waals surface area contributed by atoms with E-state index in [2.05, 4.69) is 10.6 Å². The molecule has 0 unspecified atom stereocenters. The molecule has 0 aliphatic carbocycles. The molecule has 0 heterocycles. The Kier molecular flexibility index (Phi) is 6.81. The van der Waals surface area contributed by atoms with E-state index in [9.17, 15) is 14.0 Å². The fourth-order valence-electron chi connectivity index (χ4n) is 1.62. The zero-order valence-corrected chi connectivity index (χ0v) is 12.5. The van der Waals surface area contributed by atoms with Crippen molar-refractivity contribution in [1.29, 1.82) is 0 Å². The number of ether oxygens (including phenoxy) is 1. The van der Waals surface area contributed by atoms with Gasteiger partial charge in [0.25, 0.3) is 0 Å². The molecule has 0 radical (unpaired) electrons. The van der Waals surface area contributed by atoms with E-state index in [1.54, 1.807) is 6.92 Å². The summed E-state index contributed by atoms with van der Waals surface area (Å²) in [6, 6.07) is 3.94. The molecule has 0 aromatic heterocycles. The number of hydrogen-bond acceptors (Lipinski definition) is 3. The lowest BCUT2D eigenvalue weighted by molar-refractivity contribution is -0.136. The first-order valence-corrected chi connectivity index (χ1v) is 6.87. The molecule has 0 aliphatic rings. The summed E-state index contributed by atoms with van der Waals surface area (Å²) in [6.07, 6.45) is 0.776. The van der Waals surface area contributed by atoms with Crippen molar-refractivity contribution < 1.29 is 18.7 Å². The Labute approximate surface area is 123 Å². The molecule has 6 heteroatoms. The Bertz CT molecular complexity index is 504. The summed E-state index contributed by atoms with van der Waals surface area (Å²) in [6.45, 7) is 6.39. The molecule has 1 aromatic rings. The predicted octanol–water partition coefficient (Wildman–Crippen LogP) is 2.00. The van der Waals surface area contributed by atoms with E-state index in [0.717, 1.165) is 0 Å². The van der Waals surface area contributed by atoms with E-state index < -0.39 is 11.8 Å². The summed E-state index contributed by atoms with van der Waals surface area (Å²) in [5, 5.41) is 4.95. The third-order valence-electron chi connectivity index (χ3n) is 2.70. The maximum Gasteiger partial charge on any atom is 0.313 e. The molecule has 0 fully saturated rings. The molecular formula is C15H21FN2O3. The molecule has 2 N–H and O–H groups in total. The van der Waals surface area contributed by atoms with Gasteiger partial charge >= 0.3 is 11.8 Å². The van der Waals surface area contributed by atoms with Crippen LogP contribution < -0.4 is 10.6 Å². The number of carbonyl (C=O) groups excluding carboxylic acids is 2. The van der Waals surface area contributed by atoms with E-state index in [0.29, 0.717) is 30.8 Å². The van der Waals surface area contributed by atoms with Crippen LogP contribution in [0.3, 0.4) is 0 Å². The number of carbonyl (C=O) groups is 2. The van der Waals surface area contributed by atoms with Crippen LogP contribution in [0.4, 0.5) is 10.1 Å². The lowest BCUT2D eigenvalue weighted by Gasteiger charge is -2.09.